The standard InChI is InChI=1S/C22H22N4O3S/c27-22-18(12-16-3-1-2-4-19(16)25-22)21-13-17-11-15(5-6-20(17)24-21)14-26-9-7-23-8-10-30(26,28)29/h1-6,11-13,23-24H,7-10,14H2,(H,25,27). The van der Waals surface area contributed by atoms with Crippen LogP contribution in [0.3, 0.4) is 0 Å². The number of aromatic nitrogens is 2. The Morgan fingerprint density at radius 3 is 2.63 bits per heavy atom. The van der Waals surface area contributed by atoms with Crippen molar-refractivity contribution in [1.82, 2.24) is 19.6 Å². The summed E-state index contributed by atoms with van der Waals surface area (Å²) in [4.78, 5) is 18.8. The molecule has 8 heteroatoms. The highest BCUT2D eigenvalue weighted by Crippen LogP contribution is 2.25. The van der Waals surface area contributed by atoms with Crippen LogP contribution >= 0.6 is 0 Å². The molecule has 1 aliphatic rings. The molecule has 0 radical (unpaired) electrons. The molecule has 4 aromatic rings. The first-order valence-corrected chi connectivity index (χ1v) is 11.5. The fourth-order valence-corrected chi connectivity index (χ4v) is 5.33. The zero-order valence-electron chi connectivity index (χ0n) is 16.3. The fourth-order valence-electron chi connectivity index (χ4n) is 3.95. The third-order valence-electron chi connectivity index (χ3n) is 5.56. The summed E-state index contributed by atoms with van der Waals surface area (Å²) in [5.41, 5.74) is 3.79. The van der Waals surface area contributed by atoms with Gasteiger partial charge >= 0.3 is 0 Å². The van der Waals surface area contributed by atoms with Gasteiger partial charge in [-0.3, -0.25) is 4.79 Å². The molecule has 30 heavy (non-hydrogen) atoms. The van der Waals surface area contributed by atoms with Gasteiger partial charge in [-0.25, -0.2) is 8.42 Å². The third kappa shape index (κ3) is 3.54. The van der Waals surface area contributed by atoms with Gasteiger partial charge in [-0.1, -0.05) is 24.3 Å². The number of pyridine rings is 1. The second kappa shape index (κ2) is 7.39. The highest BCUT2D eigenvalue weighted by Gasteiger charge is 2.24. The molecular weight excluding hydrogens is 400 g/mol. The topological polar surface area (TPSA) is 98.1 Å². The van der Waals surface area contributed by atoms with E-state index in [1.807, 2.05) is 54.6 Å². The molecule has 0 saturated carbocycles. The molecule has 0 atom stereocenters. The molecule has 0 aliphatic carbocycles. The van der Waals surface area contributed by atoms with Crippen LogP contribution in [0.1, 0.15) is 5.56 Å². The Morgan fingerprint density at radius 1 is 0.900 bits per heavy atom. The molecular formula is C22H22N4O3S. The molecule has 0 unspecified atom stereocenters. The Morgan fingerprint density at radius 2 is 1.73 bits per heavy atom. The lowest BCUT2D eigenvalue weighted by atomic mass is 10.1. The second-order valence-electron chi connectivity index (χ2n) is 7.60. The third-order valence-corrected chi connectivity index (χ3v) is 7.37. The zero-order chi connectivity index (χ0) is 20.7. The number of hydrogen-bond donors (Lipinski definition) is 3. The van der Waals surface area contributed by atoms with Gasteiger partial charge in [0, 0.05) is 42.6 Å². The van der Waals surface area contributed by atoms with Crippen molar-refractivity contribution in [2.24, 2.45) is 0 Å². The predicted molar refractivity (Wildman–Crippen MR) is 119 cm³/mol. The summed E-state index contributed by atoms with van der Waals surface area (Å²) in [7, 11) is -3.26. The first-order chi connectivity index (χ1) is 14.5. The van der Waals surface area contributed by atoms with E-state index in [2.05, 4.69) is 15.3 Å². The maximum Gasteiger partial charge on any atom is 0.257 e. The minimum Gasteiger partial charge on any atom is -0.354 e. The van der Waals surface area contributed by atoms with Crippen LogP contribution in [0.4, 0.5) is 0 Å². The van der Waals surface area contributed by atoms with Crippen LogP contribution in [0.2, 0.25) is 0 Å². The Labute approximate surface area is 173 Å². The monoisotopic (exact) mass is 422 g/mol. The Hall–Kier alpha value is -2.94. The number of sulfonamides is 1. The van der Waals surface area contributed by atoms with Gasteiger partial charge in [-0.15, -0.1) is 0 Å². The maximum absolute atomic E-state index is 12.6. The lowest BCUT2D eigenvalue weighted by Crippen LogP contribution is -2.33. The Kier molecular flexibility index (Phi) is 4.69. The van der Waals surface area contributed by atoms with Gasteiger partial charge < -0.3 is 15.3 Å². The van der Waals surface area contributed by atoms with Crippen LogP contribution in [-0.4, -0.2) is 48.1 Å². The molecule has 5 rings (SSSR count). The molecule has 1 aliphatic heterocycles. The molecule has 1 fully saturated rings. The van der Waals surface area contributed by atoms with E-state index in [0.29, 0.717) is 31.7 Å². The number of benzene rings is 2. The Balaban J connectivity index is 1.50. The molecule has 2 aromatic heterocycles. The average Bonchev–Trinajstić information content (AvgIpc) is 3.07. The summed E-state index contributed by atoms with van der Waals surface area (Å²) in [5.74, 6) is 0.119. The van der Waals surface area contributed by atoms with Gasteiger partial charge in [0.05, 0.1) is 17.0 Å². The molecule has 3 N–H and O–H groups in total. The molecule has 0 spiro atoms. The van der Waals surface area contributed by atoms with Crippen molar-refractivity contribution in [3.63, 3.8) is 0 Å². The number of nitrogens with zero attached hydrogens (tertiary/aromatic N) is 1. The van der Waals surface area contributed by atoms with Crippen LogP contribution < -0.4 is 10.9 Å². The van der Waals surface area contributed by atoms with E-state index >= 15 is 0 Å². The number of rotatable bonds is 3. The summed E-state index contributed by atoms with van der Waals surface area (Å²) < 4.78 is 26.4. The summed E-state index contributed by atoms with van der Waals surface area (Å²) in [6.07, 6.45) is 0. The summed E-state index contributed by atoms with van der Waals surface area (Å²) >= 11 is 0. The number of para-hydroxylation sites is 1. The van der Waals surface area contributed by atoms with E-state index < -0.39 is 10.0 Å². The van der Waals surface area contributed by atoms with E-state index in [0.717, 1.165) is 33.1 Å². The number of aromatic amines is 2. The fraction of sp³-hybridized carbons (Fsp3) is 0.227. The SMILES string of the molecule is O=c1[nH]c2ccccc2cc1-c1cc2cc(CN3CCNCCS3(=O)=O)ccc2[nH]1. The first-order valence-electron chi connectivity index (χ1n) is 9.92. The van der Waals surface area contributed by atoms with Gasteiger partial charge in [-0.2, -0.15) is 4.31 Å². The van der Waals surface area contributed by atoms with Crippen LogP contribution in [-0.2, 0) is 16.6 Å². The lowest BCUT2D eigenvalue weighted by molar-refractivity contribution is 0.415. The summed E-state index contributed by atoms with van der Waals surface area (Å²) in [6, 6.07) is 17.4. The lowest BCUT2D eigenvalue weighted by Gasteiger charge is -2.19. The van der Waals surface area contributed by atoms with Gasteiger partial charge in [0.15, 0.2) is 0 Å². The highest BCUT2D eigenvalue weighted by atomic mass is 32.2. The molecule has 0 bridgehead atoms. The molecule has 1 saturated heterocycles. The van der Waals surface area contributed by atoms with Crippen LogP contribution in [0.25, 0.3) is 33.1 Å². The normalized spacial score (nSPS) is 17.3. The van der Waals surface area contributed by atoms with Crippen molar-refractivity contribution in [3.05, 3.63) is 70.5 Å². The molecule has 154 valence electrons. The van der Waals surface area contributed by atoms with Crippen molar-refractivity contribution in [3.8, 4) is 11.3 Å². The average molecular weight is 423 g/mol. The first kappa shape index (κ1) is 19.0. The van der Waals surface area contributed by atoms with Crippen molar-refractivity contribution >= 4 is 31.8 Å². The molecule has 7 nitrogen and oxygen atoms in total. The van der Waals surface area contributed by atoms with Crippen molar-refractivity contribution in [1.29, 1.82) is 0 Å². The Bertz CT molecular complexity index is 1400. The van der Waals surface area contributed by atoms with Crippen LogP contribution in [0.5, 0.6) is 0 Å². The number of fused-ring (bicyclic) bond motifs is 2. The van der Waals surface area contributed by atoms with E-state index in [1.165, 1.54) is 4.31 Å². The molecule has 3 heterocycles. The van der Waals surface area contributed by atoms with E-state index in [9.17, 15) is 13.2 Å². The summed E-state index contributed by atoms with van der Waals surface area (Å²) in [6.45, 7) is 1.95. The smallest absolute Gasteiger partial charge is 0.257 e. The van der Waals surface area contributed by atoms with Crippen LogP contribution in [0.15, 0.2) is 59.4 Å². The van der Waals surface area contributed by atoms with E-state index in [-0.39, 0.29) is 11.3 Å². The number of H-pyrrole nitrogens is 2. The van der Waals surface area contributed by atoms with Crippen molar-refractivity contribution in [2.45, 2.75) is 6.54 Å². The zero-order valence-corrected chi connectivity index (χ0v) is 17.1. The van der Waals surface area contributed by atoms with Crippen molar-refractivity contribution < 1.29 is 8.42 Å². The van der Waals surface area contributed by atoms with Gasteiger partial charge in [0.25, 0.3) is 5.56 Å². The number of nitrogens with one attached hydrogen (secondary N) is 3. The molecule has 2 aromatic carbocycles. The minimum absolute atomic E-state index is 0.119. The predicted octanol–water partition coefficient (Wildman–Crippen LogP) is 2.41. The van der Waals surface area contributed by atoms with E-state index in [4.69, 9.17) is 0 Å². The maximum atomic E-state index is 12.6. The quantitative estimate of drug-likeness (QED) is 0.472. The second-order valence-corrected chi connectivity index (χ2v) is 9.69. The minimum atomic E-state index is -3.26. The van der Waals surface area contributed by atoms with Crippen LogP contribution in [0, 0.1) is 0 Å². The summed E-state index contributed by atoms with van der Waals surface area (Å²) in [5, 5.41) is 5.04. The van der Waals surface area contributed by atoms with Gasteiger partial charge in [0.1, 0.15) is 0 Å². The van der Waals surface area contributed by atoms with E-state index in [1.54, 1.807) is 0 Å². The highest BCUT2D eigenvalue weighted by molar-refractivity contribution is 7.89. The van der Waals surface area contributed by atoms with Gasteiger partial charge in [-0.05, 0) is 41.3 Å². The van der Waals surface area contributed by atoms with Crippen molar-refractivity contribution in [2.75, 3.05) is 25.4 Å². The number of hydrogen-bond acceptors (Lipinski definition) is 4. The van der Waals surface area contributed by atoms with Gasteiger partial charge in [0.2, 0.25) is 10.0 Å². The largest absolute Gasteiger partial charge is 0.354 e. The molecule has 0 amide bonds.